The second-order valence-corrected chi connectivity index (χ2v) is 8.13. The molecule has 0 aromatic heterocycles. The van der Waals surface area contributed by atoms with E-state index in [0.29, 0.717) is 11.9 Å². The Morgan fingerprint density at radius 1 is 1.19 bits per heavy atom. The Bertz CT molecular complexity index is 808. The van der Waals surface area contributed by atoms with Crippen molar-refractivity contribution in [2.75, 3.05) is 19.3 Å². The van der Waals surface area contributed by atoms with Gasteiger partial charge in [0.25, 0.3) is 0 Å². The molecule has 3 nitrogen and oxygen atoms in total. The highest BCUT2D eigenvalue weighted by molar-refractivity contribution is 7.96. The molecule has 2 fully saturated rings. The van der Waals surface area contributed by atoms with E-state index in [1.807, 2.05) is 35.4 Å². The highest BCUT2D eigenvalue weighted by Crippen LogP contribution is 2.51. The topological polar surface area (TPSA) is 32.3 Å². The molecular formula is C22H25FN2OS. The third-order valence-electron chi connectivity index (χ3n) is 5.64. The van der Waals surface area contributed by atoms with Crippen LogP contribution in [0.2, 0.25) is 0 Å². The number of piperidine rings is 1. The van der Waals surface area contributed by atoms with E-state index in [2.05, 4.69) is 16.9 Å². The van der Waals surface area contributed by atoms with Gasteiger partial charge < -0.3 is 4.90 Å². The van der Waals surface area contributed by atoms with Crippen LogP contribution in [-0.2, 0) is 4.79 Å². The fourth-order valence-electron chi connectivity index (χ4n) is 4.20. The molecule has 4 rings (SSSR count). The summed E-state index contributed by atoms with van der Waals surface area (Å²) in [6.45, 7) is 1.68. The van der Waals surface area contributed by atoms with Crippen LogP contribution in [0.3, 0.4) is 0 Å². The molecule has 1 saturated carbocycles. The van der Waals surface area contributed by atoms with Crippen molar-refractivity contribution in [1.82, 2.24) is 9.62 Å². The second kappa shape index (κ2) is 8.03. The van der Waals surface area contributed by atoms with Crippen molar-refractivity contribution in [3.05, 3.63) is 59.9 Å². The standard InChI is InChI=1S/C22H25FN2OS/c1-27-24-17-5-4-12-25(14-17)22(26)21-13-20(21)19-7-3-2-6-18(19)15-8-10-16(23)11-9-15/h2-3,6-11,17,20-21,24H,4-5,12-14H2,1H3. The predicted molar refractivity (Wildman–Crippen MR) is 109 cm³/mol. The van der Waals surface area contributed by atoms with Crippen molar-refractivity contribution in [2.45, 2.75) is 31.2 Å². The molecule has 2 aromatic carbocycles. The number of halogens is 1. The fourth-order valence-corrected chi connectivity index (χ4v) is 4.72. The molecule has 27 heavy (non-hydrogen) atoms. The number of carbonyl (C=O) groups excluding carboxylic acids is 1. The van der Waals surface area contributed by atoms with Gasteiger partial charge in [-0.15, -0.1) is 0 Å². The Morgan fingerprint density at radius 3 is 2.74 bits per heavy atom. The zero-order chi connectivity index (χ0) is 18.8. The van der Waals surface area contributed by atoms with Gasteiger partial charge in [0.15, 0.2) is 0 Å². The summed E-state index contributed by atoms with van der Waals surface area (Å²) in [5, 5.41) is 0. The van der Waals surface area contributed by atoms with Gasteiger partial charge >= 0.3 is 0 Å². The van der Waals surface area contributed by atoms with E-state index in [9.17, 15) is 9.18 Å². The van der Waals surface area contributed by atoms with E-state index in [4.69, 9.17) is 0 Å². The molecule has 1 aliphatic carbocycles. The maximum atomic E-state index is 13.3. The van der Waals surface area contributed by atoms with Crippen LogP contribution in [0.25, 0.3) is 11.1 Å². The lowest BCUT2D eigenvalue weighted by atomic mass is 9.95. The number of likely N-dealkylation sites (tertiary alicyclic amines) is 1. The van der Waals surface area contributed by atoms with Crippen molar-refractivity contribution in [3.8, 4) is 11.1 Å². The van der Waals surface area contributed by atoms with Gasteiger partial charge in [-0.25, -0.2) is 4.39 Å². The van der Waals surface area contributed by atoms with Crippen molar-refractivity contribution < 1.29 is 9.18 Å². The van der Waals surface area contributed by atoms with Crippen molar-refractivity contribution in [2.24, 2.45) is 5.92 Å². The highest BCUT2D eigenvalue weighted by atomic mass is 32.2. The lowest BCUT2D eigenvalue weighted by Crippen LogP contribution is -2.46. The minimum atomic E-state index is -0.228. The van der Waals surface area contributed by atoms with E-state index >= 15 is 0 Å². The number of hydrogen-bond acceptors (Lipinski definition) is 3. The molecular weight excluding hydrogens is 359 g/mol. The summed E-state index contributed by atoms with van der Waals surface area (Å²) in [7, 11) is 0. The van der Waals surface area contributed by atoms with Crippen LogP contribution in [-0.4, -0.2) is 36.2 Å². The molecule has 1 aliphatic heterocycles. The number of benzene rings is 2. The lowest BCUT2D eigenvalue weighted by molar-refractivity contribution is -0.133. The van der Waals surface area contributed by atoms with Crippen LogP contribution in [0.5, 0.6) is 0 Å². The predicted octanol–water partition coefficient (Wildman–Crippen LogP) is 4.45. The first-order chi connectivity index (χ1) is 13.2. The zero-order valence-electron chi connectivity index (χ0n) is 15.5. The quantitative estimate of drug-likeness (QED) is 0.773. The van der Waals surface area contributed by atoms with Gasteiger partial charge in [0.05, 0.1) is 0 Å². The summed E-state index contributed by atoms with van der Waals surface area (Å²) in [4.78, 5) is 15.1. The van der Waals surface area contributed by atoms with Crippen molar-refractivity contribution >= 4 is 17.9 Å². The summed E-state index contributed by atoms with van der Waals surface area (Å²) >= 11 is 1.63. The monoisotopic (exact) mass is 384 g/mol. The van der Waals surface area contributed by atoms with Gasteiger partial charge in [0.2, 0.25) is 5.91 Å². The van der Waals surface area contributed by atoms with Crippen LogP contribution >= 0.6 is 11.9 Å². The van der Waals surface area contributed by atoms with Gasteiger partial charge in [-0.1, -0.05) is 48.3 Å². The van der Waals surface area contributed by atoms with E-state index in [1.165, 1.54) is 17.7 Å². The van der Waals surface area contributed by atoms with E-state index in [-0.39, 0.29) is 17.7 Å². The number of hydrogen-bond donors (Lipinski definition) is 1. The number of nitrogens with zero attached hydrogens (tertiary/aromatic N) is 1. The van der Waals surface area contributed by atoms with Crippen LogP contribution in [0.4, 0.5) is 4.39 Å². The maximum Gasteiger partial charge on any atom is 0.226 e. The SMILES string of the molecule is CSNC1CCCN(C(=O)C2CC2c2ccccc2-c2ccc(F)cc2)C1. The normalized spacial score (nSPS) is 24.7. The Morgan fingerprint density at radius 2 is 1.96 bits per heavy atom. The third kappa shape index (κ3) is 4.04. The van der Waals surface area contributed by atoms with Crippen LogP contribution in [0, 0.1) is 11.7 Å². The first-order valence-corrected chi connectivity index (χ1v) is 10.8. The van der Waals surface area contributed by atoms with Crippen LogP contribution < -0.4 is 4.72 Å². The molecule has 1 N–H and O–H groups in total. The smallest absolute Gasteiger partial charge is 0.226 e. The molecule has 0 spiro atoms. The van der Waals surface area contributed by atoms with Crippen LogP contribution in [0.1, 0.15) is 30.7 Å². The van der Waals surface area contributed by atoms with E-state index < -0.39 is 0 Å². The number of amides is 1. The number of nitrogens with one attached hydrogen (secondary N) is 1. The zero-order valence-corrected chi connectivity index (χ0v) is 16.3. The van der Waals surface area contributed by atoms with Crippen molar-refractivity contribution in [1.29, 1.82) is 0 Å². The van der Waals surface area contributed by atoms with Gasteiger partial charge in [-0.05, 0) is 60.3 Å². The Kier molecular flexibility index (Phi) is 5.50. The van der Waals surface area contributed by atoms with Gasteiger partial charge in [-0.2, -0.15) is 0 Å². The third-order valence-corrected chi connectivity index (χ3v) is 6.21. The molecule has 1 heterocycles. The number of rotatable bonds is 5. The van der Waals surface area contributed by atoms with E-state index in [0.717, 1.165) is 43.5 Å². The largest absolute Gasteiger partial charge is 0.341 e. The van der Waals surface area contributed by atoms with Gasteiger partial charge in [-0.3, -0.25) is 9.52 Å². The Hall–Kier alpha value is -1.85. The first-order valence-electron chi connectivity index (χ1n) is 9.59. The molecule has 5 heteroatoms. The molecule has 3 atom stereocenters. The average Bonchev–Trinajstić information content (AvgIpc) is 3.49. The van der Waals surface area contributed by atoms with Gasteiger partial charge in [0, 0.05) is 25.0 Å². The Labute approximate surface area is 164 Å². The molecule has 2 aromatic rings. The molecule has 1 saturated heterocycles. The summed E-state index contributed by atoms with van der Waals surface area (Å²) in [5.74, 6) is 0.419. The molecule has 142 valence electrons. The van der Waals surface area contributed by atoms with Crippen molar-refractivity contribution in [3.63, 3.8) is 0 Å². The summed E-state index contributed by atoms with van der Waals surface area (Å²) in [6, 6.07) is 15.2. The lowest BCUT2D eigenvalue weighted by Gasteiger charge is -2.33. The van der Waals surface area contributed by atoms with Crippen LogP contribution in [0.15, 0.2) is 48.5 Å². The number of carbonyl (C=O) groups is 1. The minimum Gasteiger partial charge on any atom is -0.341 e. The van der Waals surface area contributed by atoms with E-state index in [1.54, 1.807) is 11.9 Å². The molecule has 0 radical (unpaired) electrons. The molecule has 1 amide bonds. The molecule has 2 aliphatic rings. The fraction of sp³-hybridized carbons (Fsp3) is 0.409. The summed E-state index contributed by atoms with van der Waals surface area (Å²) < 4.78 is 16.7. The first kappa shape index (κ1) is 18.5. The Balaban J connectivity index is 1.49. The molecule has 3 unspecified atom stereocenters. The minimum absolute atomic E-state index is 0.0830. The molecule has 0 bridgehead atoms. The highest BCUT2D eigenvalue weighted by Gasteiger charge is 2.47. The summed E-state index contributed by atoms with van der Waals surface area (Å²) in [6.07, 6.45) is 5.14. The van der Waals surface area contributed by atoms with Gasteiger partial charge in [0.1, 0.15) is 5.82 Å². The second-order valence-electron chi connectivity index (χ2n) is 7.49. The summed E-state index contributed by atoms with van der Waals surface area (Å²) in [5.41, 5.74) is 3.32. The maximum absolute atomic E-state index is 13.3. The average molecular weight is 385 g/mol.